The Morgan fingerprint density at radius 3 is 2.38 bits per heavy atom. The SMILES string of the molecule is NC1(C(=O)N(CCO)C2CCC2)CCCC1. The van der Waals surface area contributed by atoms with Crippen molar-refractivity contribution in [2.75, 3.05) is 13.2 Å². The van der Waals surface area contributed by atoms with Crippen LogP contribution in [0.25, 0.3) is 0 Å². The predicted molar refractivity (Wildman–Crippen MR) is 61.8 cm³/mol. The van der Waals surface area contributed by atoms with Crippen LogP contribution in [0.3, 0.4) is 0 Å². The second-order valence-corrected chi connectivity index (χ2v) is 5.17. The third-order valence-corrected chi connectivity index (χ3v) is 4.04. The molecule has 0 atom stereocenters. The highest BCUT2D eigenvalue weighted by atomic mass is 16.3. The van der Waals surface area contributed by atoms with Crippen LogP contribution in [0.4, 0.5) is 0 Å². The standard InChI is InChI=1S/C12H22N2O2/c13-12(6-1-2-7-12)11(16)14(8-9-15)10-4-3-5-10/h10,15H,1-9,13H2. The molecule has 4 heteroatoms. The lowest BCUT2D eigenvalue weighted by Crippen LogP contribution is -2.58. The van der Waals surface area contributed by atoms with Crippen molar-refractivity contribution >= 4 is 5.91 Å². The summed E-state index contributed by atoms with van der Waals surface area (Å²) in [5, 5.41) is 9.05. The minimum atomic E-state index is -0.634. The maximum Gasteiger partial charge on any atom is 0.242 e. The van der Waals surface area contributed by atoms with E-state index in [1.54, 1.807) is 0 Å². The molecule has 0 aromatic rings. The molecule has 0 bridgehead atoms. The Hall–Kier alpha value is -0.610. The Labute approximate surface area is 96.8 Å². The Morgan fingerprint density at radius 1 is 1.31 bits per heavy atom. The minimum Gasteiger partial charge on any atom is -0.395 e. The molecule has 0 aromatic carbocycles. The molecule has 16 heavy (non-hydrogen) atoms. The van der Waals surface area contributed by atoms with E-state index in [2.05, 4.69) is 0 Å². The average Bonchev–Trinajstić information content (AvgIpc) is 2.62. The van der Waals surface area contributed by atoms with Gasteiger partial charge in [0.1, 0.15) is 0 Å². The highest BCUT2D eigenvalue weighted by Gasteiger charge is 2.42. The molecule has 2 fully saturated rings. The van der Waals surface area contributed by atoms with E-state index in [0.29, 0.717) is 12.6 Å². The molecule has 2 rings (SSSR count). The molecule has 2 saturated carbocycles. The normalized spacial score (nSPS) is 24.1. The fourth-order valence-corrected chi connectivity index (χ4v) is 2.76. The van der Waals surface area contributed by atoms with Crippen LogP contribution in [0.1, 0.15) is 44.9 Å². The van der Waals surface area contributed by atoms with Crippen LogP contribution in [0.5, 0.6) is 0 Å². The molecule has 0 aliphatic heterocycles. The smallest absolute Gasteiger partial charge is 0.242 e. The maximum absolute atomic E-state index is 12.4. The summed E-state index contributed by atoms with van der Waals surface area (Å²) in [5.74, 6) is 0.0729. The molecular weight excluding hydrogens is 204 g/mol. The Kier molecular flexibility index (Phi) is 3.50. The summed E-state index contributed by atoms with van der Waals surface area (Å²) < 4.78 is 0. The quantitative estimate of drug-likeness (QED) is 0.739. The maximum atomic E-state index is 12.4. The highest BCUT2D eigenvalue weighted by molar-refractivity contribution is 5.86. The lowest BCUT2D eigenvalue weighted by Gasteiger charge is -2.41. The van der Waals surface area contributed by atoms with Crippen LogP contribution in [0.2, 0.25) is 0 Å². The average molecular weight is 226 g/mol. The number of carbonyl (C=O) groups is 1. The van der Waals surface area contributed by atoms with E-state index in [9.17, 15) is 4.79 Å². The summed E-state index contributed by atoms with van der Waals surface area (Å²) in [4.78, 5) is 14.2. The van der Waals surface area contributed by atoms with Gasteiger partial charge < -0.3 is 15.7 Å². The predicted octanol–water partition coefficient (Wildman–Crippen LogP) is 0.631. The van der Waals surface area contributed by atoms with Gasteiger partial charge in [-0.2, -0.15) is 0 Å². The van der Waals surface area contributed by atoms with E-state index >= 15 is 0 Å². The molecule has 1 amide bonds. The molecule has 2 aliphatic carbocycles. The zero-order valence-electron chi connectivity index (χ0n) is 9.82. The van der Waals surface area contributed by atoms with E-state index in [1.165, 1.54) is 6.42 Å². The van der Waals surface area contributed by atoms with Gasteiger partial charge in [-0.3, -0.25) is 4.79 Å². The summed E-state index contributed by atoms with van der Waals surface area (Å²) in [7, 11) is 0. The van der Waals surface area contributed by atoms with E-state index < -0.39 is 5.54 Å². The second-order valence-electron chi connectivity index (χ2n) is 5.17. The van der Waals surface area contributed by atoms with Gasteiger partial charge in [0.05, 0.1) is 12.1 Å². The van der Waals surface area contributed by atoms with Crippen molar-refractivity contribution in [2.24, 2.45) is 5.73 Å². The van der Waals surface area contributed by atoms with Gasteiger partial charge in [0, 0.05) is 12.6 Å². The first kappa shape index (κ1) is 11.9. The molecule has 3 N–H and O–H groups in total. The number of hydrogen-bond donors (Lipinski definition) is 2. The van der Waals surface area contributed by atoms with Crippen molar-refractivity contribution in [1.29, 1.82) is 0 Å². The van der Waals surface area contributed by atoms with E-state index in [-0.39, 0.29) is 12.5 Å². The number of hydrogen-bond acceptors (Lipinski definition) is 3. The van der Waals surface area contributed by atoms with E-state index in [4.69, 9.17) is 10.8 Å². The molecule has 2 aliphatic rings. The zero-order chi connectivity index (χ0) is 11.6. The number of aliphatic hydroxyl groups excluding tert-OH is 1. The Morgan fingerprint density at radius 2 is 1.94 bits per heavy atom. The number of nitrogens with two attached hydrogens (primary N) is 1. The van der Waals surface area contributed by atoms with Crippen molar-refractivity contribution in [3.8, 4) is 0 Å². The van der Waals surface area contributed by atoms with Crippen LogP contribution in [0.15, 0.2) is 0 Å². The van der Waals surface area contributed by atoms with Crippen LogP contribution in [-0.2, 0) is 4.79 Å². The number of carbonyl (C=O) groups excluding carboxylic acids is 1. The minimum absolute atomic E-state index is 0.0400. The molecule has 4 nitrogen and oxygen atoms in total. The summed E-state index contributed by atoms with van der Waals surface area (Å²) in [5.41, 5.74) is 5.54. The van der Waals surface area contributed by atoms with Crippen molar-refractivity contribution < 1.29 is 9.90 Å². The van der Waals surface area contributed by atoms with Gasteiger partial charge in [0.25, 0.3) is 0 Å². The van der Waals surface area contributed by atoms with Crippen LogP contribution in [0, 0.1) is 0 Å². The van der Waals surface area contributed by atoms with Crippen molar-refractivity contribution in [1.82, 2.24) is 4.90 Å². The van der Waals surface area contributed by atoms with Gasteiger partial charge in [-0.15, -0.1) is 0 Å². The first-order chi connectivity index (χ1) is 7.67. The Bertz CT molecular complexity index is 258. The first-order valence-corrected chi connectivity index (χ1v) is 6.38. The number of rotatable bonds is 4. The fraction of sp³-hybridized carbons (Fsp3) is 0.917. The summed E-state index contributed by atoms with van der Waals surface area (Å²) in [6, 6.07) is 0.334. The van der Waals surface area contributed by atoms with Crippen molar-refractivity contribution in [2.45, 2.75) is 56.5 Å². The largest absolute Gasteiger partial charge is 0.395 e. The summed E-state index contributed by atoms with van der Waals surface area (Å²) >= 11 is 0. The molecule has 0 heterocycles. The summed E-state index contributed by atoms with van der Waals surface area (Å²) in [6.07, 6.45) is 7.06. The molecule has 0 unspecified atom stereocenters. The fourth-order valence-electron chi connectivity index (χ4n) is 2.76. The van der Waals surface area contributed by atoms with Crippen LogP contribution >= 0.6 is 0 Å². The molecule has 0 radical (unpaired) electrons. The van der Waals surface area contributed by atoms with Gasteiger partial charge >= 0.3 is 0 Å². The molecule has 0 aromatic heterocycles. The number of amides is 1. The zero-order valence-corrected chi connectivity index (χ0v) is 9.82. The van der Waals surface area contributed by atoms with Crippen LogP contribution < -0.4 is 5.73 Å². The van der Waals surface area contributed by atoms with Gasteiger partial charge in [-0.25, -0.2) is 0 Å². The van der Waals surface area contributed by atoms with E-state index in [0.717, 1.165) is 38.5 Å². The van der Waals surface area contributed by atoms with E-state index in [1.807, 2.05) is 4.90 Å². The first-order valence-electron chi connectivity index (χ1n) is 6.38. The number of aliphatic hydroxyl groups is 1. The topological polar surface area (TPSA) is 66.6 Å². The highest BCUT2D eigenvalue weighted by Crippen LogP contribution is 2.32. The second kappa shape index (κ2) is 4.72. The van der Waals surface area contributed by atoms with Gasteiger partial charge in [0.2, 0.25) is 5.91 Å². The summed E-state index contributed by atoms with van der Waals surface area (Å²) in [6.45, 7) is 0.487. The molecule has 0 saturated heterocycles. The number of nitrogens with zero attached hydrogens (tertiary/aromatic N) is 1. The van der Waals surface area contributed by atoms with Crippen molar-refractivity contribution in [3.63, 3.8) is 0 Å². The molecular formula is C12H22N2O2. The monoisotopic (exact) mass is 226 g/mol. The van der Waals surface area contributed by atoms with Gasteiger partial charge in [-0.1, -0.05) is 12.8 Å². The van der Waals surface area contributed by atoms with Gasteiger partial charge in [0.15, 0.2) is 0 Å². The van der Waals surface area contributed by atoms with Gasteiger partial charge in [-0.05, 0) is 32.1 Å². The lowest BCUT2D eigenvalue weighted by molar-refractivity contribution is -0.141. The van der Waals surface area contributed by atoms with Crippen molar-refractivity contribution in [3.05, 3.63) is 0 Å². The lowest BCUT2D eigenvalue weighted by atomic mass is 9.88. The third kappa shape index (κ3) is 2.09. The Balaban J connectivity index is 2.03. The third-order valence-electron chi connectivity index (χ3n) is 4.04. The van der Waals surface area contributed by atoms with Crippen LogP contribution in [-0.4, -0.2) is 40.6 Å². The molecule has 0 spiro atoms. The molecule has 92 valence electrons.